The van der Waals surface area contributed by atoms with Gasteiger partial charge in [0.15, 0.2) is 5.82 Å². The van der Waals surface area contributed by atoms with Crippen molar-refractivity contribution in [1.29, 1.82) is 0 Å². The second-order valence-electron chi connectivity index (χ2n) is 3.39. The van der Waals surface area contributed by atoms with Gasteiger partial charge in [-0.2, -0.15) is 15.0 Å². The number of benzene rings is 1. The molecule has 0 aliphatic carbocycles. The van der Waals surface area contributed by atoms with Gasteiger partial charge in [0.05, 0.1) is 0 Å². The standard InChI is InChI=1S/C10H10FN5/c1-5-2-6(4-7(11)3-5)8-14-9(12)16-10(13)15-8/h2-4H,1H3,(H4,12,13,14,15,16). The SMILES string of the molecule is Cc1cc(F)cc(-c2nc(N)nc(N)n2)c1. The van der Waals surface area contributed by atoms with Crippen LogP contribution in [0.3, 0.4) is 0 Å². The number of nitrogen functional groups attached to an aromatic ring is 2. The van der Waals surface area contributed by atoms with E-state index in [4.69, 9.17) is 11.5 Å². The van der Waals surface area contributed by atoms with E-state index >= 15 is 0 Å². The lowest BCUT2D eigenvalue weighted by molar-refractivity contribution is 0.627. The number of hydrogen-bond acceptors (Lipinski definition) is 5. The van der Waals surface area contributed by atoms with Crippen molar-refractivity contribution in [3.05, 3.63) is 29.6 Å². The summed E-state index contributed by atoms with van der Waals surface area (Å²) in [6.07, 6.45) is 0. The fraction of sp³-hybridized carbons (Fsp3) is 0.100. The number of aryl methyl sites for hydroxylation is 1. The van der Waals surface area contributed by atoms with Crippen LogP contribution in [0.25, 0.3) is 11.4 Å². The zero-order valence-corrected chi connectivity index (χ0v) is 8.61. The van der Waals surface area contributed by atoms with Crippen LogP contribution in [0.5, 0.6) is 0 Å². The van der Waals surface area contributed by atoms with E-state index in [0.29, 0.717) is 5.56 Å². The Hall–Kier alpha value is -2.24. The van der Waals surface area contributed by atoms with Crippen LogP contribution in [0.1, 0.15) is 5.56 Å². The van der Waals surface area contributed by atoms with Gasteiger partial charge in [0.2, 0.25) is 11.9 Å². The highest BCUT2D eigenvalue weighted by Gasteiger charge is 2.06. The molecular formula is C10H10FN5. The normalized spacial score (nSPS) is 10.4. The van der Waals surface area contributed by atoms with E-state index in [1.54, 1.807) is 13.0 Å². The molecule has 1 aromatic heterocycles. The van der Waals surface area contributed by atoms with Crippen molar-refractivity contribution in [2.75, 3.05) is 11.5 Å². The minimum atomic E-state index is -0.354. The summed E-state index contributed by atoms with van der Waals surface area (Å²) in [6.45, 7) is 1.78. The molecule has 0 amide bonds. The third-order valence-corrected chi connectivity index (χ3v) is 1.97. The minimum absolute atomic E-state index is 0.0180. The third kappa shape index (κ3) is 2.05. The fourth-order valence-corrected chi connectivity index (χ4v) is 1.40. The molecule has 0 atom stereocenters. The lowest BCUT2D eigenvalue weighted by Crippen LogP contribution is -2.04. The van der Waals surface area contributed by atoms with Crippen LogP contribution in [0.15, 0.2) is 18.2 Å². The second-order valence-corrected chi connectivity index (χ2v) is 3.39. The topological polar surface area (TPSA) is 90.7 Å². The van der Waals surface area contributed by atoms with Crippen molar-refractivity contribution in [2.45, 2.75) is 6.92 Å². The molecule has 0 aliphatic heterocycles. The maximum atomic E-state index is 13.2. The Balaban J connectivity index is 2.57. The van der Waals surface area contributed by atoms with Crippen molar-refractivity contribution < 1.29 is 4.39 Å². The summed E-state index contributed by atoms with van der Waals surface area (Å²) in [7, 11) is 0. The summed E-state index contributed by atoms with van der Waals surface area (Å²) in [5.41, 5.74) is 12.2. The number of halogens is 1. The van der Waals surface area contributed by atoms with Gasteiger partial charge in [0.25, 0.3) is 0 Å². The molecule has 2 aromatic rings. The van der Waals surface area contributed by atoms with Crippen LogP contribution in [0.4, 0.5) is 16.3 Å². The highest BCUT2D eigenvalue weighted by atomic mass is 19.1. The molecule has 2 rings (SSSR count). The van der Waals surface area contributed by atoms with E-state index in [9.17, 15) is 4.39 Å². The molecular weight excluding hydrogens is 209 g/mol. The quantitative estimate of drug-likeness (QED) is 0.750. The lowest BCUT2D eigenvalue weighted by Gasteiger charge is -2.03. The molecule has 0 fully saturated rings. The summed E-state index contributed by atoms with van der Waals surface area (Å²) >= 11 is 0. The lowest BCUT2D eigenvalue weighted by atomic mass is 10.1. The van der Waals surface area contributed by atoms with Crippen LogP contribution < -0.4 is 11.5 Å². The van der Waals surface area contributed by atoms with E-state index in [2.05, 4.69) is 15.0 Å². The van der Waals surface area contributed by atoms with Gasteiger partial charge in [-0.15, -0.1) is 0 Å². The van der Waals surface area contributed by atoms with E-state index < -0.39 is 0 Å². The monoisotopic (exact) mass is 219 g/mol. The minimum Gasteiger partial charge on any atom is -0.368 e. The molecule has 0 bridgehead atoms. The number of nitrogens with two attached hydrogens (primary N) is 2. The summed E-state index contributed by atoms with van der Waals surface area (Å²) in [5, 5.41) is 0. The van der Waals surface area contributed by atoms with Gasteiger partial charge < -0.3 is 11.5 Å². The Bertz CT molecular complexity index is 451. The Labute approximate surface area is 91.4 Å². The maximum absolute atomic E-state index is 13.2. The van der Waals surface area contributed by atoms with Crippen molar-refractivity contribution >= 4 is 11.9 Å². The largest absolute Gasteiger partial charge is 0.368 e. The van der Waals surface area contributed by atoms with Gasteiger partial charge in [0.1, 0.15) is 5.82 Å². The predicted octanol–water partition coefficient (Wildman–Crippen LogP) is 1.15. The van der Waals surface area contributed by atoms with E-state index in [0.717, 1.165) is 5.56 Å². The molecule has 0 unspecified atom stereocenters. The van der Waals surface area contributed by atoms with Gasteiger partial charge in [0, 0.05) is 5.56 Å². The van der Waals surface area contributed by atoms with Crippen molar-refractivity contribution in [1.82, 2.24) is 15.0 Å². The summed E-state index contributed by atoms with van der Waals surface area (Å²) < 4.78 is 13.2. The number of rotatable bonds is 1. The van der Waals surface area contributed by atoms with Crippen molar-refractivity contribution in [3.8, 4) is 11.4 Å². The second kappa shape index (κ2) is 3.73. The predicted molar refractivity (Wildman–Crippen MR) is 58.8 cm³/mol. The molecule has 1 aromatic carbocycles. The van der Waals surface area contributed by atoms with E-state index in [-0.39, 0.29) is 23.5 Å². The zero-order chi connectivity index (χ0) is 11.7. The summed E-state index contributed by atoms with van der Waals surface area (Å²) in [4.78, 5) is 11.4. The molecule has 0 radical (unpaired) electrons. The van der Waals surface area contributed by atoms with Crippen molar-refractivity contribution in [3.63, 3.8) is 0 Å². The van der Waals surface area contributed by atoms with Crippen molar-refractivity contribution in [2.24, 2.45) is 0 Å². The smallest absolute Gasteiger partial charge is 0.225 e. The molecule has 0 aliphatic rings. The first-order chi connectivity index (χ1) is 7.54. The molecule has 1 heterocycles. The van der Waals surface area contributed by atoms with Crippen LogP contribution >= 0.6 is 0 Å². The zero-order valence-electron chi connectivity index (χ0n) is 8.61. The van der Waals surface area contributed by atoms with Crippen LogP contribution in [0.2, 0.25) is 0 Å². The average molecular weight is 219 g/mol. The highest BCUT2D eigenvalue weighted by Crippen LogP contribution is 2.19. The first-order valence-corrected chi connectivity index (χ1v) is 4.59. The molecule has 4 N–H and O–H groups in total. The van der Waals surface area contributed by atoms with E-state index in [1.807, 2.05) is 0 Å². The average Bonchev–Trinajstić information content (AvgIpc) is 2.14. The number of aromatic nitrogens is 3. The molecule has 16 heavy (non-hydrogen) atoms. The van der Waals surface area contributed by atoms with Gasteiger partial charge in [-0.25, -0.2) is 4.39 Å². The maximum Gasteiger partial charge on any atom is 0.225 e. The number of anilines is 2. The van der Waals surface area contributed by atoms with Crippen LogP contribution in [0, 0.1) is 12.7 Å². The van der Waals surface area contributed by atoms with Gasteiger partial charge in [-0.3, -0.25) is 0 Å². The Kier molecular flexibility index (Phi) is 2.40. The van der Waals surface area contributed by atoms with Gasteiger partial charge in [-0.05, 0) is 30.7 Å². The first kappa shape index (κ1) is 10.3. The highest BCUT2D eigenvalue weighted by molar-refractivity contribution is 5.58. The fourth-order valence-electron chi connectivity index (χ4n) is 1.40. The molecule has 0 saturated heterocycles. The molecule has 0 spiro atoms. The number of nitrogens with zero attached hydrogens (tertiary/aromatic N) is 3. The Morgan fingerprint density at radius 1 is 1.00 bits per heavy atom. The van der Waals surface area contributed by atoms with Crippen LogP contribution in [-0.4, -0.2) is 15.0 Å². The summed E-state index contributed by atoms with van der Waals surface area (Å²) in [6, 6.07) is 4.48. The Morgan fingerprint density at radius 3 is 2.19 bits per heavy atom. The molecule has 5 nitrogen and oxygen atoms in total. The van der Waals surface area contributed by atoms with Gasteiger partial charge in [-0.1, -0.05) is 0 Å². The molecule has 82 valence electrons. The first-order valence-electron chi connectivity index (χ1n) is 4.59. The molecule has 0 saturated carbocycles. The van der Waals surface area contributed by atoms with E-state index in [1.165, 1.54) is 12.1 Å². The molecule has 6 heteroatoms. The van der Waals surface area contributed by atoms with Gasteiger partial charge >= 0.3 is 0 Å². The Morgan fingerprint density at radius 2 is 1.62 bits per heavy atom. The number of hydrogen-bond donors (Lipinski definition) is 2. The summed E-state index contributed by atoms with van der Waals surface area (Å²) in [5.74, 6) is -0.0472. The third-order valence-electron chi connectivity index (χ3n) is 1.97. The van der Waals surface area contributed by atoms with Crippen LogP contribution in [-0.2, 0) is 0 Å².